The lowest BCUT2D eigenvalue weighted by Crippen LogP contribution is -2.37. The van der Waals surface area contributed by atoms with E-state index in [1.165, 1.54) is 18.2 Å². The third kappa shape index (κ3) is 4.49. The summed E-state index contributed by atoms with van der Waals surface area (Å²) < 4.78 is 15.6. The van der Waals surface area contributed by atoms with E-state index < -0.39 is 11.7 Å². The summed E-state index contributed by atoms with van der Waals surface area (Å²) in [6.07, 6.45) is 0.730. The van der Waals surface area contributed by atoms with E-state index in [9.17, 15) is 14.0 Å². The second kappa shape index (κ2) is 8.44. The van der Waals surface area contributed by atoms with Crippen LogP contribution in [0.3, 0.4) is 0 Å². The van der Waals surface area contributed by atoms with Crippen LogP contribution in [0.1, 0.15) is 22.6 Å². The Kier molecular flexibility index (Phi) is 5.80. The van der Waals surface area contributed by atoms with E-state index in [-0.39, 0.29) is 18.0 Å². The SMILES string of the molecule is Cc1nc2ccccc2n1CCCNC(=O)CNC(=O)c1ccccc1F. The zero-order chi connectivity index (χ0) is 19.2. The van der Waals surface area contributed by atoms with Gasteiger partial charge in [0.1, 0.15) is 11.6 Å². The van der Waals surface area contributed by atoms with Gasteiger partial charge in [0.15, 0.2) is 0 Å². The second-order valence-electron chi connectivity index (χ2n) is 6.17. The van der Waals surface area contributed by atoms with Crippen LogP contribution < -0.4 is 10.6 Å². The number of hydrogen-bond acceptors (Lipinski definition) is 3. The molecule has 0 saturated heterocycles. The Morgan fingerprint density at radius 1 is 1.07 bits per heavy atom. The topological polar surface area (TPSA) is 76.0 Å². The van der Waals surface area contributed by atoms with Gasteiger partial charge in [-0.3, -0.25) is 9.59 Å². The van der Waals surface area contributed by atoms with Gasteiger partial charge in [0.25, 0.3) is 5.91 Å². The van der Waals surface area contributed by atoms with Gasteiger partial charge in [-0.25, -0.2) is 9.37 Å². The molecular formula is C20H21FN4O2. The van der Waals surface area contributed by atoms with Gasteiger partial charge < -0.3 is 15.2 Å². The smallest absolute Gasteiger partial charge is 0.254 e. The summed E-state index contributed by atoms with van der Waals surface area (Å²) in [5.41, 5.74) is 1.95. The number of carbonyl (C=O) groups excluding carboxylic acids is 2. The lowest BCUT2D eigenvalue weighted by molar-refractivity contribution is -0.120. The summed E-state index contributed by atoms with van der Waals surface area (Å²) in [5, 5.41) is 5.17. The number of aryl methyl sites for hydroxylation is 2. The third-order valence-corrected chi connectivity index (χ3v) is 4.25. The molecule has 0 aliphatic rings. The summed E-state index contributed by atoms with van der Waals surface area (Å²) in [6.45, 7) is 2.96. The van der Waals surface area contributed by atoms with Crippen molar-refractivity contribution in [2.24, 2.45) is 0 Å². The molecule has 6 nitrogen and oxygen atoms in total. The van der Waals surface area contributed by atoms with Gasteiger partial charge in [-0.1, -0.05) is 24.3 Å². The van der Waals surface area contributed by atoms with Crippen molar-refractivity contribution in [3.63, 3.8) is 0 Å². The van der Waals surface area contributed by atoms with Crippen LogP contribution in [0.5, 0.6) is 0 Å². The molecule has 7 heteroatoms. The Hall–Kier alpha value is -3.22. The van der Waals surface area contributed by atoms with Gasteiger partial charge in [0.2, 0.25) is 5.91 Å². The fraction of sp³-hybridized carbons (Fsp3) is 0.250. The molecule has 140 valence electrons. The molecule has 0 fully saturated rings. The van der Waals surface area contributed by atoms with Crippen LogP contribution in [-0.2, 0) is 11.3 Å². The Morgan fingerprint density at radius 2 is 1.81 bits per heavy atom. The van der Waals surface area contributed by atoms with Crippen LogP contribution in [0.4, 0.5) is 4.39 Å². The summed E-state index contributed by atoms with van der Waals surface area (Å²) >= 11 is 0. The molecule has 0 radical (unpaired) electrons. The van der Waals surface area contributed by atoms with Crippen molar-refractivity contribution in [2.75, 3.05) is 13.1 Å². The largest absolute Gasteiger partial charge is 0.355 e. The minimum Gasteiger partial charge on any atom is -0.355 e. The van der Waals surface area contributed by atoms with Gasteiger partial charge in [-0.2, -0.15) is 0 Å². The first-order valence-corrected chi connectivity index (χ1v) is 8.77. The van der Waals surface area contributed by atoms with Gasteiger partial charge in [0, 0.05) is 13.1 Å². The average Bonchev–Trinajstić information content (AvgIpc) is 2.99. The first kappa shape index (κ1) is 18.6. The normalized spacial score (nSPS) is 10.7. The lowest BCUT2D eigenvalue weighted by Gasteiger charge is -2.09. The zero-order valence-corrected chi connectivity index (χ0v) is 15.0. The van der Waals surface area contributed by atoms with Gasteiger partial charge in [-0.05, 0) is 37.6 Å². The van der Waals surface area contributed by atoms with Crippen molar-refractivity contribution in [2.45, 2.75) is 19.9 Å². The van der Waals surface area contributed by atoms with E-state index in [2.05, 4.69) is 20.2 Å². The van der Waals surface area contributed by atoms with Crippen molar-refractivity contribution >= 4 is 22.8 Å². The predicted octanol–water partition coefficient (Wildman–Crippen LogP) is 2.42. The molecule has 1 heterocycles. The van der Waals surface area contributed by atoms with E-state index in [4.69, 9.17) is 0 Å². The highest BCUT2D eigenvalue weighted by molar-refractivity contribution is 5.96. The molecule has 0 aliphatic heterocycles. The molecule has 1 aromatic heterocycles. The molecule has 2 amide bonds. The molecular weight excluding hydrogens is 347 g/mol. The predicted molar refractivity (Wildman–Crippen MR) is 101 cm³/mol. The zero-order valence-electron chi connectivity index (χ0n) is 15.0. The molecule has 0 atom stereocenters. The number of rotatable bonds is 7. The van der Waals surface area contributed by atoms with E-state index in [1.807, 2.05) is 31.2 Å². The molecule has 3 aromatic rings. The first-order valence-electron chi connectivity index (χ1n) is 8.77. The van der Waals surface area contributed by atoms with E-state index in [0.717, 1.165) is 29.8 Å². The molecule has 0 saturated carbocycles. The molecule has 0 aliphatic carbocycles. The van der Waals surface area contributed by atoms with Crippen molar-refractivity contribution in [1.29, 1.82) is 0 Å². The van der Waals surface area contributed by atoms with E-state index in [1.54, 1.807) is 6.07 Å². The van der Waals surface area contributed by atoms with Crippen molar-refractivity contribution in [1.82, 2.24) is 20.2 Å². The minimum atomic E-state index is -0.613. The van der Waals surface area contributed by atoms with Gasteiger partial charge in [-0.15, -0.1) is 0 Å². The van der Waals surface area contributed by atoms with Crippen molar-refractivity contribution in [3.05, 3.63) is 65.7 Å². The fourth-order valence-electron chi connectivity index (χ4n) is 2.91. The van der Waals surface area contributed by atoms with Crippen LogP contribution >= 0.6 is 0 Å². The standard InChI is InChI=1S/C20H21FN4O2/c1-14-24-17-9-4-5-10-18(17)25(14)12-6-11-22-19(26)13-23-20(27)15-7-2-3-8-16(15)21/h2-5,7-10H,6,11-13H2,1H3,(H,22,26)(H,23,27). The number of carbonyl (C=O) groups is 2. The average molecular weight is 368 g/mol. The molecule has 27 heavy (non-hydrogen) atoms. The molecule has 0 bridgehead atoms. The number of amides is 2. The highest BCUT2D eigenvalue weighted by Gasteiger charge is 2.12. The number of fused-ring (bicyclic) bond motifs is 1. The number of benzene rings is 2. The maximum absolute atomic E-state index is 13.5. The quantitative estimate of drug-likeness (QED) is 0.629. The van der Waals surface area contributed by atoms with Crippen molar-refractivity contribution in [3.8, 4) is 0 Å². The molecule has 0 spiro atoms. The van der Waals surface area contributed by atoms with Crippen LogP contribution in [0.25, 0.3) is 11.0 Å². The maximum atomic E-state index is 13.5. The number of imidazole rings is 1. The molecule has 2 aromatic carbocycles. The summed E-state index contributed by atoms with van der Waals surface area (Å²) in [6, 6.07) is 13.6. The first-order chi connectivity index (χ1) is 13.1. The Morgan fingerprint density at radius 3 is 2.63 bits per heavy atom. The number of nitrogens with zero attached hydrogens (tertiary/aromatic N) is 2. The number of nitrogens with one attached hydrogen (secondary N) is 2. The number of aromatic nitrogens is 2. The molecule has 0 unspecified atom stereocenters. The van der Waals surface area contributed by atoms with Crippen LogP contribution in [-0.4, -0.2) is 34.5 Å². The van der Waals surface area contributed by atoms with Gasteiger partial charge in [0.05, 0.1) is 23.1 Å². The minimum absolute atomic E-state index is 0.0761. The van der Waals surface area contributed by atoms with Crippen LogP contribution in [0.15, 0.2) is 48.5 Å². The van der Waals surface area contributed by atoms with E-state index in [0.29, 0.717) is 6.54 Å². The van der Waals surface area contributed by atoms with Crippen LogP contribution in [0, 0.1) is 12.7 Å². The maximum Gasteiger partial charge on any atom is 0.254 e. The Balaban J connectivity index is 1.43. The monoisotopic (exact) mass is 368 g/mol. The Labute approximate surface area is 156 Å². The summed E-state index contributed by atoms with van der Waals surface area (Å²) in [7, 11) is 0. The van der Waals surface area contributed by atoms with Crippen LogP contribution in [0.2, 0.25) is 0 Å². The Bertz CT molecular complexity index is 968. The lowest BCUT2D eigenvalue weighted by atomic mass is 10.2. The fourth-order valence-corrected chi connectivity index (χ4v) is 2.91. The number of hydrogen-bond donors (Lipinski definition) is 2. The molecule has 2 N–H and O–H groups in total. The summed E-state index contributed by atoms with van der Waals surface area (Å²) in [4.78, 5) is 28.3. The molecule has 3 rings (SSSR count). The number of halogens is 1. The third-order valence-electron chi connectivity index (χ3n) is 4.25. The van der Waals surface area contributed by atoms with Crippen molar-refractivity contribution < 1.29 is 14.0 Å². The summed E-state index contributed by atoms with van der Waals surface area (Å²) in [5.74, 6) is -0.603. The second-order valence-corrected chi connectivity index (χ2v) is 6.17. The highest BCUT2D eigenvalue weighted by atomic mass is 19.1. The van der Waals surface area contributed by atoms with E-state index >= 15 is 0 Å². The number of para-hydroxylation sites is 2. The van der Waals surface area contributed by atoms with Gasteiger partial charge >= 0.3 is 0 Å². The highest BCUT2D eigenvalue weighted by Crippen LogP contribution is 2.15.